The molecular formula is C23H22ClNO5S. The first-order chi connectivity index (χ1) is 14.7. The first-order valence-corrected chi connectivity index (χ1v) is 11.2. The minimum absolute atomic E-state index is 0.0624. The minimum Gasteiger partial charge on any atom is -0.497 e. The fourth-order valence-corrected chi connectivity index (χ4v) is 4.54. The Bertz CT molecular complexity index is 1180. The lowest BCUT2D eigenvalue weighted by atomic mass is 10.1. The van der Waals surface area contributed by atoms with Gasteiger partial charge in [0.15, 0.2) is 6.61 Å². The lowest BCUT2D eigenvalue weighted by molar-refractivity contribution is -0.119. The SMILES string of the molecule is COc1ccc(N(C(=O)COc2ccc(C)cc2C)S(=O)(=O)c2ccc(Cl)cc2)cc1. The first kappa shape index (κ1) is 22.7. The molecule has 0 aliphatic rings. The van der Waals surface area contributed by atoms with E-state index < -0.39 is 22.5 Å². The summed E-state index contributed by atoms with van der Waals surface area (Å²) in [6, 6.07) is 17.3. The number of hydrogen-bond donors (Lipinski definition) is 0. The van der Waals surface area contributed by atoms with Gasteiger partial charge in [0.1, 0.15) is 11.5 Å². The number of carbonyl (C=O) groups is 1. The Hall–Kier alpha value is -3.03. The molecule has 3 rings (SSSR count). The molecule has 1 amide bonds. The summed E-state index contributed by atoms with van der Waals surface area (Å²) in [5.41, 5.74) is 2.08. The third kappa shape index (κ3) is 5.18. The van der Waals surface area contributed by atoms with Crippen LogP contribution in [0.1, 0.15) is 11.1 Å². The Morgan fingerprint density at radius 2 is 1.61 bits per heavy atom. The highest BCUT2D eigenvalue weighted by Crippen LogP contribution is 2.27. The summed E-state index contributed by atoms with van der Waals surface area (Å²) in [5, 5.41) is 0.388. The topological polar surface area (TPSA) is 72.9 Å². The van der Waals surface area contributed by atoms with Gasteiger partial charge in [-0.1, -0.05) is 29.3 Å². The van der Waals surface area contributed by atoms with Crippen LogP contribution in [-0.2, 0) is 14.8 Å². The largest absolute Gasteiger partial charge is 0.497 e. The van der Waals surface area contributed by atoms with Gasteiger partial charge in [0.2, 0.25) is 0 Å². The summed E-state index contributed by atoms with van der Waals surface area (Å²) in [7, 11) is -2.71. The highest BCUT2D eigenvalue weighted by Gasteiger charge is 2.31. The Kier molecular flexibility index (Phi) is 6.87. The van der Waals surface area contributed by atoms with Gasteiger partial charge in [0, 0.05) is 5.02 Å². The average molecular weight is 460 g/mol. The molecule has 0 aromatic heterocycles. The van der Waals surface area contributed by atoms with Crippen LogP contribution in [0, 0.1) is 13.8 Å². The molecule has 0 saturated heterocycles. The second-order valence-corrected chi connectivity index (χ2v) is 9.10. The second-order valence-electron chi connectivity index (χ2n) is 6.87. The van der Waals surface area contributed by atoms with Crippen molar-refractivity contribution in [3.8, 4) is 11.5 Å². The van der Waals surface area contributed by atoms with E-state index in [1.807, 2.05) is 26.0 Å². The summed E-state index contributed by atoms with van der Waals surface area (Å²) in [5.74, 6) is 0.309. The van der Waals surface area contributed by atoms with Gasteiger partial charge in [0.05, 0.1) is 17.7 Å². The lowest BCUT2D eigenvalue weighted by Gasteiger charge is -2.23. The van der Waals surface area contributed by atoms with E-state index >= 15 is 0 Å². The van der Waals surface area contributed by atoms with Gasteiger partial charge in [0.25, 0.3) is 15.9 Å². The van der Waals surface area contributed by atoms with Gasteiger partial charge in [-0.25, -0.2) is 8.42 Å². The molecule has 0 N–H and O–H groups in total. The van der Waals surface area contributed by atoms with Crippen LogP contribution in [0.4, 0.5) is 5.69 Å². The molecule has 0 fully saturated rings. The summed E-state index contributed by atoms with van der Waals surface area (Å²) < 4.78 is 38.2. The number of ether oxygens (including phenoxy) is 2. The van der Waals surface area contributed by atoms with Crippen molar-refractivity contribution in [3.05, 3.63) is 82.9 Å². The molecule has 8 heteroatoms. The number of rotatable bonds is 7. The minimum atomic E-state index is -4.21. The molecule has 0 spiro atoms. The highest BCUT2D eigenvalue weighted by atomic mass is 35.5. The quantitative estimate of drug-likeness (QED) is 0.509. The molecule has 0 bridgehead atoms. The third-order valence-corrected chi connectivity index (χ3v) is 6.58. The van der Waals surface area contributed by atoms with Crippen molar-refractivity contribution in [2.24, 2.45) is 0 Å². The number of aryl methyl sites for hydroxylation is 2. The van der Waals surface area contributed by atoms with E-state index in [2.05, 4.69) is 0 Å². The van der Waals surface area contributed by atoms with E-state index in [-0.39, 0.29) is 10.6 Å². The van der Waals surface area contributed by atoms with E-state index in [0.29, 0.717) is 16.5 Å². The van der Waals surface area contributed by atoms with Crippen molar-refractivity contribution in [2.45, 2.75) is 18.7 Å². The summed E-state index contributed by atoms with van der Waals surface area (Å²) >= 11 is 5.89. The van der Waals surface area contributed by atoms with E-state index in [0.717, 1.165) is 15.4 Å². The number of benzene rings is 3. The molecule has 0 radical (unpaired) electrons. The molecule has 0 aliphatic heterocycles. The average Bonchev–Trinajstić information content (AvgIpc) is 2.74. The van der Waals surface area contributed by atoms with Crippen molar-refractivity contribution in [3.63, 3.8) is 0 Å². The smallest absolute Gasteiger partial charge is 0.278 e. The van der Waals surface area contributed by atoms with Gasteiger partial charge < -0.3 is 9.47 Å². The Balaban J connectivity index is 1.96. The zero-order chi connectivity index (χ0) is 22.6. The van der Waals surface area contributed by atoms with E-state index in [4.69, 9.17) is 21.1 Å². The lowest BCUT2D eigenvalue weighted by Crippen LogP contribution is -2.40. The monoisotopic (exact) mass is 459 g/mol. The van der Waals surface area contributed by atoms with Crippen LogP contribution in [0.5, 0.6) is 11.5 Å². The summed E-state index contributed by atoms with van der Waals surface area (Å²) in [6.07, 6.45) is 0. The van der Waals surface area contributed by atoms with Gasteiger partial charge >= 0.3 is 0 Å². The maximum Gasteiger partial charge on any atom is 0.278 e. The summed E-state index contributed by atoms with van der Waals surface area (Å²) in [4.78, 5) is 13.0. The van der Waals surface area contributed by atoms with E-state index in [9.17, 15) is 13.2 Å². The van der Waals surface area contributed by atoms with Gasteiger partial charge in [-0.05, 0) is 74.0 Å². The number of methoxy groups -OCH3 is 1. The van der Waals surface area contributed by atoms with Crippen LogP contribution in [0.2, 0.25) is 5.02 Å². The number of amides is 1. The maximum absolute atomic E-state index is 13.3. The molecular weight excluding hydrogens is 438 g/mol. The maximum atomic E-state index is 13.3. The van der Waals surface area contributed by atoms with Crippen molar-refractivity contribution in [1.82, 2.24) is 0 Å². The number of sulfonamides is 1. The van der Waals surface area contributed by atoms with Gasteiger partial charge in [-0.15, -0.1) is 0 Å². The van der Waals surface area contributed by atoms with Crippen LogP contribution >= 0.6 is 11.6 Å². The molecule has 3 aromatic carbocycles. The van der Waals surface area contributed by atoms with Gasteiger partial charge in [-0.2, -0.15) is 4.31 Å². The Labute approximate surface area is 187 Å². The second kappa shape index (κ2) is 9.41. The molecule has 31 heavy (non-hydrogen) atoms. The molecule has 162 valence electrons. The third-order valence-electron chi connectivity index (χ3n) is 4.57. The Morgan fingerprint density at radius 1 is 0.968 bits per heavy atom. The van der Waals surface area contributed by atoms with E-state index in [1.165, 1.54) is 43.5 Å². The van der Waals surface area contributed by atoms with Crippen molar-refractivity contribution in [2.75, 3.05) is 18.0 Å². The normalized spacial score (nSPS) is 11.1. The Morgan fingerprint density at radius 3 is 2.19 bits per heavy atom. The van der Waals surface area contributed by atoms with Crippen molar-refractivity contribution in [1.29, 1.82) is 0 Å². The number of hydrogen-bond acceptors (Lipinski definition) is 5. The predicted molar refractivity (Wildman–Crippen MR) is 121 cm³/mol. The zero-order valence-electron chi connectivity index (χ0n) is 17.3. The summed E-state index contributed by atoms with van der Waals surface area (Å²) in [6.45, 7) is 3.35. The number of nitrogens with zero attached hydrogens (tertiary/aromatic N) is 1. The molecule has 0 unspecified atom stereocenters. The number of carbonyl (C=O) groups excluding carboxylic acids is 1. The molecule has 0 atom stereocenters. The standard InChI is InChI=1S/C23H22ClNO5S/c1-16-4-13-22(17(2)14-16)30-15-23(26)25(19-7-9-20(29-3)10-8-19)31(27,28)21-11-5-18(24)6-12-21/h4-14H,15H2,1-3H3. The van der Waals surface area contributed by atoms with Crippen LogP contribution in [0.25, 0.3) is 0 Å². The molecule has 3 aromatic rings. The molecule has 6 nitrogen and oxygen atoms in total. The number of halogens is 1. The van der Waals surface area contributed by atoms with Crippen molar-refractivity contribution >= 4 is 33.2 Å². The number of anilines is 1. The van der Waals surface area contributed by atoms with E-state index in [1.54, 1.807) is 18.2 Å². The first-order valence-electron chi connectivity index (χ1n) is 9.40. The molecule has 0 heterocycles. The fourth-order valence-electron chi connectivity index (χ4n) is 3.01. The zero-order valence-corrected chi connectivity index (χ0v) is 18.9. The highest BCUT2D eigenvalue weighted by molar-refractivity contribution is 7.93. The van der Waals surface area contributed by atoms with Gasteiger partial charge in [-0.3, -0.25) is 4.79 Å². The van der Waals surface area contributed by atoms with Crippen LogP contribution in [0.15, 0.2) is 71.6 Å². The van der Waals surface area contributed by atoms with Crippen LogP contribution < -0.4 is 13.8 Å². The molecule has 0 saturated carbocycles. The molecule has 0 aliphatic carbocycles. The van der Waals surface area contributed by atoms with Crippen LogP contribution in [-0.4, -0.2) is 28.0 Å². The van der Waals surface area contributed by atoms with Crippen molar-refractivity contribution < 1.29 is 22.7 Å². The fraction of sp³-hybridized carbons (Fsp3) is 0.174. The predicted octanol–water partition coefficient (Wildman–Crippen LogP) is 4.77. The van der Waals surface area contributed by atoms with Crippen LogP contribution in [0.3, 0.4) is 0 Å².